The van der Waals surface area contributed by atoms with Gasteiger partial charge in [-0.15, -0.1) is 0 Å². The number of carbonyl (C=O) groups is 1. The number of piperidine rings is 1. The van der Waals surface area contributed by atoms with Crippen molar-refractivity contribution in [1.29, 1.82) is 0 Å². The Morgan fingerprint density at radius 1 is 1.18 bits per heavy atom. The van der Waals surface area contributed by atoms with Gasteiger partial charge in [0.15, 0.2) is 0 Å². The van der Waals surface area contributed by atoms with Crippen LogP contribution in [0.5, 0.6) is 0 Å². The quantitative estimate of drug-likeness (QED) is 0.600. The minimum absolute atomic E-state index is 0.170. The molecule has 1 amide bonds. The number of nitrogens with zero attached hydrogens (tertiary/aromatic N) is 4. The third-order valence-electron chi connectivity index (χ3n) is 7.26. The van der Waals surface area contributed by atoms with Crippen LogP contribution < -0.4 is 11.1 Å². The van der Waals surface area contributed by atoms with E-state index < -0.39 is 11.4 Å². The first kappa shape index (κ1) is 22.8. The number of halogens is 1. The zero-order valence-electron chi connectivity index (χ0n) is 19.3. The number of nitrogens with two attached hydrogens (primary N) is 1. The van der Waals surface area contributed by atoms with E-state index in [0.29, 0.717) is 6.54 Å². The van der Waals surface area contributed by atoms with Crippen molar-refractivity contribution in [3.05, 3.63) is 65.6 Å². The van der Waals surface area contributed by atoms with Gasteiger partial charge in [-0.1, -0.05) is 31.4 Å². The fourth-order valence-electron chi connectivity index (χ4n) is 5.20. The van der Waals surface area contributed by atoms with E-state index in [1.165, 1.54) is 12.5 Å². The number of fused-ring (bicyclic) bond motifs is 1. The predicted octanol–water partition coefficient (Wildman–Crippen LogP) is 3.68. The molecule has 0 radical (unpaired) electrons. The Hall–Kier alpha value is -2.97. The van der Waals surface area contributed by atoms with Crippen LogP contribution in [0, 0.1) is 5.82 Å². The third kappa shape index (κ3) is 4.79. The molecular weight excluding hydrogens is 431 g/mol. The molecule has 1 aromatic carbocycles. The number of para-hydroxylation sites is 1. The Kier molecular flexibility index (Phi) is 6.52. The molecule has 3 heterocycles. The molecule has 1 aliphatic carbocycles. The molecule has 5 rings (SSSR count). The lowest BCUT2D eigenvalue weighted by molar-refractivity contribution is 0.0922. The molecule has 0 bridgehead atoms. The van der Waals surface area contributed by atoms with Gasteiger partial charge in [-0.3, -0.25) is 19.7 Å². The van der Waals surface area contributed by atoms with Gasteiger partial charge in [0.25, 0.3) is 5.91 Å². The maximum atomic E-state index is 14.7. The summed E-state index contributed by atoms with van der Waals surface area (Å²) in [5.74, 6) is -0.631. The van der Waals surface area contributed by atoms with Gasteiger partial charge < -0.3 is 11.1 Å². The second kappa shape index (κ2) is 9.72. The number of rotatable bonds is 5. The summed E-state index contributed by atoms with van der Waals surface area (Å²) in [4.78, 5) is 28.3. The Bertz CT molecular complexity index is 1160. The maximum absolute atomic E-state index is 14.7. The molecular formula is C26H31FN6O. The predicted molar refractivity (Wildman–Crippen MR) is 128 cm³/mol. The van der Waals surface area contributed by atoms with Gasteiger partial charge in [-0.25, -0.2) is 9.37 Å². The fourth-order valence-corrected chi connectivity index (χ4v) is 5.20. The van der Waals surface area contributed by atoms with E-state index in [1.807, 2.05) is 12.1 Å². The summed E-state index contributed by atoms with van der Waals surface area (Å²) >= 11 is 0. The highest BCUT2D eigenvalue weighted by atomic mass is 19.1. The van der Waals surface area contributed by atoms with Gasteiger partial charge in [-0.05, 0) is 43.4 Å². The van der Waals surface area contributed by atoms with Gasteiger partial charge in [0.2, 0.25) is 0 Å². The summed E-state index contributed by atoms with van der Waals surface area (Å²) in [6, 6.07) is 6.96. The molecule has 3 N–H and O–H groups in total. The number of benzene rings is 1. The third-order valence-corrected chi connectivity index (χ3v) is 7.26. The summed E-state index contributed by atoms with van der Waals surface area (Å²) in [5, 5.41) is 3.86. The number of amides is 1. The fraction of sp³-hybridized carbons (Fsp3) is 0.462. The van der Waals surface area contributed by atoms with Crippen LogP contribution in [0.25, 0.3) is 10.9 Å². The second-order valence-corrected chi connectivity index (χ2v) is 9.63. The summed E-state index contributed by atoms with van der Waals surface area (Å²) in [6.45, 7) is 2.15. The summed E-state index contributed by atoms with van der Waals surface area (Å²) < 4.78 is 14.7. The zero-order valence-corrected chi connectivity index (χ0v) is 19.3. The van der Waals surface area contributed by atoms with Crippen LogP contribution in [0.2, 0.25) is 0 Å². The van der Waals surface area contributed by atoms with E-state index in [9.17, 15) is 9.18 Å². The van der Waals surface area contributed by atoms with Crippen LogP contribution in [0.3, 0.4) is 0 Å². The first-order valence-electron chi connectivity index (χ1n) is 12.2. The number of aromatic nitrogens is 3. The SMILES string of the molecule is NC1(c2cnccn2)CCN(Cc2cc(C(=O)NC3CCCCC3)nc3c(F)cccc23)CC1. The summed E-state index contributed by atoms with van der Waals surface area (Å²) in [7, 11) is 0. The highest BCUT2D eigenvalue weighted by Crippen LogP contribution is 2.30. The second-order valence-electron chi connectivity index (χ2n) is 9.63. The topological polar surface area (TPSA) is 97.0 Å². The Morgan fingerprint density at radius 3 is 2.71 bits per heavy atom. The van der Waals surface area contributed by atoms with Crippen molar-refractivity contribution in [3.63, 3.8) is 0 Å². The molecule has 2 fully saturated rings. The molecule has 7 nitrogen and oxygen atoms in total. The maximum Gasteiger partial charge on any atom is 0.270 e. The van der Waals surface area contributed by atoms with Gasteiger partial charge in [0.1, 0.15) is 17.0 Å². The van der Waals surface area contributed by atoms with Gasteiger partial charge in [-0.2, -0.15) is 0 Å². The zero-order chi connectivity index (χ0) is 23.5. The number of hydrogen-bond donors (Lipinski definition) is 2. The van der Waals surface area contributed by atoms with Crippen molar-refractivity contribution in [2.45, 2.75) is 63.1 Å². The van der Waals surface area contributed by atoms with Crippen LogP contribution >= 0.6 is 0 Å². The minimum Gasteiger partial charge on any atom is -0.348 e. The molecule has 2 aliphatic rings. The number of nitrogens with one attached hydrogen (secondary N) is 1. The number of likely N-dealkylation sites (tertiary alicyclic amines) is 1. The molecule has 178 valence electrons. The van der Waals surface area contributed by atoms with E-state index in [1.54, 1.807) is 24.7 Å². The highest BCUT2D eigenvalue weighted by molar-refractivity contribution is 5.96. The van der Waals surface area contributed by atoms with Gasteiger partial charge in [0.05, 0.1) is 17.4 Å². The Labute approximate surface area is 199 Å². The number of carbonyl (C=O) groups excluding carboxylic acids is 1. The lowest BCUT2D eigenvalue weighted by Crippen LogP contribution is -2.48. The Morgan fingerprint density at radius 2 is 1.97 bits per heavy atom. The first-order valence-corrected chi connectivity index (χ1v) is 12.2. The highest BCUT2D eigenvalue weighted by Gasteiger charge is 2.34. The van der Waals surface area contributed by atoms with E-state index in [2.05, 4.69) is 25.2 Å². The minimum atomic E-state index is -0.498. The molecule has 0 atom stereocenters. The number of hydrogen-bond acceptors (Lipinski definition) is 6. The van der Waals surface area contributed by atoms with Crippen LogP contribution in [0.15, 0.2) is 42.9 Å². The lowest BCUT2D eigenvalue weighted by atomic mass is 9.85. The van der Waals surface area contributed by atoms with Crippen molar-refractivity contribution in [2.75, 3.05) is 13.1 Å². The molecule has 1 saturated heterocycles. The number of pyridine rings is 1. The van der Waals surface area contributed by atoms with Crippen LogP contribution in [0.1, 0.15) is 66.7 Å². The molecule has 8 heteroatoms. The summed E-state index contributed by atoms with van der Waals surface area (Å²) in [5.41, 5.74) is 8.41. The van der Waals surface area contributed by atoms with Crippen LogP contribution in [-0.2, 0) is 12.1 Å². The van der Waals surface area contributed by atoms with Crippen molar-refractivity contribution in [2.24, 2.45) is 5.73 Å². The van der Waals surface area contributed by atoms with E-state index in [0.717, 1.165) is 68.3 Å². The van der Waals surface area contributed by atoms with Crippen molar-refractivity contribution < 1.29 is 9.18 Å². The average Bonchev–Trinajstić information content (AvgIpc) is 2.87. The molecule has 0 unspecified atom stereocenters. The normalized spacial score (nSPS) is 19.2. The van der Waals surface area contributed by atoms with Gasteiger partial charge in [0, 0.05) is 43.5 Å². The van der Waals surface area contributed by atoms with E-state index in [-0.39, 0.29) is 23.2 Å². The first-order chi connectivity index (χ1) is 16.5. The Balaban J connectivity index is 1.36. The van der Waals surface area contributed by atoms with Crippen molar-refractivity contribution >= 4 is 16.8 Å². The molecule has 1 saturated carbocycles. The van der Waals surface area contributed by atoms with Gasteiger partial charge >= 0.3 is 0 Å². The molecule has 0 spiro atoms. The summed E-state index contributed by atoms with van der Waals surface area (Å²) in [6.07, 6.45) is 12.0. The van der Waals surface area contributed by atoms with E-state index >= 15 is 0 Å². The molecule has 1 aliphatic heterocycles. The largest absolute Gasteiger partial charge is 0.348 e. The average molecular weight is 463 g/mol. The lowest BCUT2D eigenvalue weighted by Gasteiger charge is -2.38. The molecule has 34 heavy (non-hydrogen) atoms. The standard InChI is InChI=1S/C26H31FN6O/c27-21-8-4-7-20-18(15-22(32-24(20)21)25(34)31-19-5-2-1-3-6-19)17-33-13-9-26(28,10-14-33)23-16-29-11-12-30-23/h4,7-8,11-12,15-16,19H,1-3,5-6,9-10,13-14,17,28H2,(H,31,34). The molecule has 2 aromatic heterocycles. The molecule has 3 aromatic rings. The van der Waals surface area contributed by atoms with Crippen LogP contribution in [-0.4, -0.2) is 44.9 Å². The van der Waals surface area contributed by atoms with Crippen molar-refractivity contribution in [3.8, 4) is 0 Å². The smallest absolute Gasteiger partial charge is 0.270 e. The monoisotopic (exact) mass is 462 g/mol. The van der Waals surface area contributed by atoms with Crippen molar-refractivity contribution in [1.82, 2.24) is 25.2 Å². The van der Waals surface area contributed by atoms with Crippen LogP contribution in [0.4, 0.5) is 4.39 Å². The van der Waals surface area contributed by atoms with E-state index in [4.69, 9.17) is 5.73 Å².